The lowest BCUT2D eigenvalue weighted by molar-refractivity contribution is -0.258. The number of phenols is 2. The monoisotopic (exact) mass is 469 g/mol. The Labute approximate surface area is 203 Å². The van der Waals surface area contributed by atoms with Gasteiger partial charge < -0.3 is 10.2 Å². The number of thioether (sulfide) groups is 1. The summed E-state index contributed by atoms with van der Waals surface area (Å²) in [6, 6.07) is 14.4. The average Bonchev–Trinajstić information content (AvgIpc) is 2.81. The number of allylic oxidation sites excluding steroid dienone is 2. The van der Waals surface area contributed by atoms with Crippen molar-refractivity contribution in [1.82, 2.24) is 5.06 Å². The van der Waals surface area contributed by atoms with Crippen molar-refractivity contribution in [2.75, 3.05) is 18.8 Å². The minimum absolute atomic E-state index is 0.265. The van der Waals surface area contributed by atoms with Crippen molar-refractivity contribution in [2.24, 2.45) is 5.41 Å². The maximum Gasteiger partial charge on any atom is 0.116 e. The maximum atomic E-state index is 9.17. The van der Waals surface area contributed by atoms with Crippen molar-refractivity contribution >= 4 is 11.8 Å². The molecule has 0 bridgehead atoms. The number of hydroxylamine groups is 2. The highest BCUT2D eigenvalue weighted by atomic mass is 32.2. The Hall–Kier alpha value is -2.21. The van der Waals surface area contributed by atoms with Gasteiger partial charge in [0.1, 0.15) is 17.6 Å². The molecule has 2 aromatic carbocycles. The van der Waals surface area contributed by atoms with Crippen LogP contribution in [0.3, 0.4) is 0 Å². The predicted octanol–water partition coefficient (Wildman–Crippen LogP) is 6.99. The summed E-state index contributed by atoms with van der Waals surface area (Å²) in [5, 5.41) is 19.9. The standard InChI is InChI=1S/C11H17NO.C9H10OS.C6H6O.C2H6/c1-11(2)8-12(9-11)13-10-6-4-3-5-7-10;10-8-4-3-7-2-1-5-11-9(7)6-8;7-6-4-2-1-3-5-6;1-2/h3-6,10H,7-9H2,1-2H3;3-4,6,10H,1-2,5H2;1-5,7H;1-2H3. The normalized spacial score (nSPS) is 19.8. The van der Waals surface area contributed by atoms with Crippen LogP contribution in [0.25, 0.3) is 0 Å². The van der Waals surface area contributed by atoms with Crippen LogP contribution in [0, 0.1) is 5.41 Å². The second kappa shape index (κ2) is 14.1. The third-order valence-electron chi connectivity index (χ3n) is 5.09. The van der Waals surface area contributed by atoms with Crippen molar-refractivity contribution in [3.05, 3.63) is 78.4 Å². The third kappa shape index (κ3) is 10.1. The Bertz CT molecular complexity index is 872. The van der Waals surface area contributed by atoms with Gasteiger partial charge >= 0.3 is 0 Å². The van der Waals surface area contributed by atoms with E-state index >= 15 is 0 Å². The molecule has 0 amide bonds. The number of para-hydroxylation sites is 1. The van der Waals surface area contributed by atoms with Crippen LogP contribution in [0.1, 0.15) is 46.1 Å². The molecule has 1 saturated heterocycles. The summed E-state index contributed by atoms with van der Waals surface area (Å²) in [5.41, 5.74) is 1.84. The summed E-state index contributed by atoms with van der Waals surface area (Å²) in [5.74, 6) is 1.90. The topological polar surface area (TPSA) is 52.9 Å². The zero-order chi connectivity index (χ0) is 24.1. The number of fused-ring (bicyclic) bond motifs is 1. The molecule has 0 aromatic heterocycles. The molecule has 4 nitrogen and oxygen atoms in total. The molecular weight excluding hydrogens is 430 g/mol. The number of hydrogen-bond donors (Lipinski definition) is 2. The highest BCUT2D eigenvalue weighted by molar-refractivity contribution is 7.99. The van der Waals surface area contributed by atoms with Gasteiger partial charge in [-0.2, -0.15) is 5.06 Å². The van der Waals surface area contributed by atoms with Gasteiger partial charge in [0.05, 0.1) is 0 Å². The summed E-state index contributed by atoms with van der Waals surface area (Å²) in [4.78, 5) is 7.02. The Morgan fingerprint density at radius 1 is 0.970 bits per heavy atom. The number of phenolic OH excluding ortho intramolecular Hbond substituents is 2. The summed E-state index contributed by atoms with van der Waals surface area (Å²) in [6.07, 6.45) is 12.1. The van der Waals surface area contributed by atoms with Gasteiger partial charge in [0.15, 0.2) is 0 Å². The fourth-order valence-electron chi connectivity index (χ4n) is 3.57. The zero-order valence-electron chi connectivity index (χ0n) is 20.4. The Morgan fingerprint density at radius 2 is 1.70 bits per heavy atom. The van der Waals surface area contributed by atoms with E-state index in [1.807, 2.05) is 43.8 Å². The van der Waals surface area contributed by atoms with E-state index in [1.54, 1.807) is 30.3 Å². The van der Waals surface area contributed by atoms with Crippen LogP contribution in [0.4, 0.5) is 0 Å². The third-order valence-corrected chi connectivity index (χ3v) is 6.27. The van der Waals surface area contributed by atoms with Crippen molar-refractivity contribution in [3.63, 3.8) is 0 Å². The molecule has 2 aliphatic heterocycles. The first-order valence-electron chi connectivity index (χ1n) is 11.8. The van der Waals surface area contributed by atoms with Gasteiger partial charge in [-0.25, -0.2) is 0 Å². The highest BCUT2D eigenvalue weighted by Gasteiger charge is 2.35. The molecule has 3 aliphatic rings. The SMILES string of the molecule is CC.CC1(C)CN(OC2C=CC=CC2)C1.Oc1ccc2c(c1)SCCC2.Oc1ccccc1. The number of aryl methyl sites for hydroxylation is 1. The molecule has 0 saturated carbocycles. The fraction of sp³-hybridized carbons (Fsp3) is 0.429. The smallest absolute Gasteiger partial charge is 0.116 e. The van der Waals surface area contributed by atoms with E-state index in [-0.39, 0.29) is 6.10 Å². The Balaban J connectivity index is 0.000000175. The predicted molar refractivity (Wildman–Crippen MR) is 140 cm³/mol. The molecule has 0 radical (unpaired) electrons. The van der Waals surface area contributed by atoms with E-state index in [9.17, 15) is 5.11 Å². The van der Waals surface area contributed by atoms with Gasteiger partial charge in [-0.3, -0.25) is 4.84 Å². The molecule has 180 valence electrons. The van der Waals surface area contributed by atoms with E-state index in [1.165, 1.54) is 29.1 Å². The van der Waals surface area contributed by atoms with Gasteiger partial charge in [-0.1, -0.05) is 76.3 Å². The molecule has 0 spiro atoms. The molecule has 2 heterocycles. The molecule has 1 atom stereocenters. The molecule has 2 aromatic rings. The lowest BCUT2D eigenvalue weighted by Crippen LogP contribution is -2.53. The molecular formula is C28H39NO3S. The molecule has 1 unspecified atom stereocenters. The van der Waals surface area contributed by atoms with Gasteiger partial charge in [-0.05, 0) is 60.3 Å². The van der Waals surface area contributed by atoms with Crippen molar-refractivity contribution in [3.8, 4) is 11.5 Å². The second-order valence-corrected chi connectivity index (χ2v) is 9.87. The second-order valence-electron chi connectivity index (χ2n) is 8.73. The largest absolute Gasteiger partial charge is 0.508 e. The molecule has 1 fully saturated rings. The first-order chi connectivity index (χ1) is 15.9. The fourth-order valence-corrected chi connectivity index (χ4v) is 4.64. The summed E-state index contributed by atoms with van der Waals surface area (Å²) < 4.78 is 0. The lowest BCUT2D eigenvalue weighted by Gasteiger charge is -2.45. The van der Waals surface area contributed by atoms with Gasteiger partial charge in [-0.15, -0.1) is 11.8 Å². The number of benzene rings is 2. The maximum absolute atomic E-state index is 9.17. The number of aromatic hydroxyl groups is 2. The first-order valence-corrected chi connectivity index (χ1v) is 12.8. The molecule has 1 aliphatic carbocycles. The summed E-state index contributed by atoms with van der Waals surface area (Å²) in [7, 11) is 0. The summed E-state index contributed by atoms with van der Waals surface area (Å²) in [6.45, 7) is 10.6. The van der Waals surface area contributed by atoms with Gasteiger partial charge in [0.25, 0.3) is 0 Å². The van der Waals surface area contributed by atoms with Gasteiger partial charge in [0.2, 0.25) is 0 Å². The molecule has 2 N–H and O–H groups in total. The van der Waals surface area contributed by atoms with E-state index in [0.29, 0.717) is 16.9 Å². The number of nitrogens with zero attached hydrogens (tertiary/aromatic N) is 1. The van der Waals surface area contributed by atoms with E-state index in [4.69, 9.17) is 9.94 Å². The van der Waals surface area contributed by atoms with Gasteiger partial charge in [0, 0.05) is 18.0 Å². The van der Waals surface area contributed by atoms with Crippen molar-refractivity contribution < 1.29 is 15.1 Å². The lowest BCUT2D eigenvalue weighted by atomic mass is 9.86. The van der Waals surface area contributed by atoms with Crippen LogP contribution in [0.5, 0.6) is 11.5 Å². The van der Waals surface area contributed by atoms with E-state index in [0.717, 1.165) is 19.5 Å². The number of rotatable bonds is 2. The van der Waals surface area contributed by atoms with E-state index in [2.05, 4.69) is 43.2 Å². The highest BCUT2D eigenvalue weighted by Crippen LogP contribution is 2.32. The van der Waals surface area contributed by atoms with Crippen LogP contribution in [0.2, 0.25) is 0 Å². The minimum Gasteiger partial charge on any atom is -0.508 e. The van der Waals surface area contributed by atoms with Crippen LogP contribution in [0.15, 0.2) is 77.7 Å². The van der Waals surface area contributed by atoms with Crippen LogP contribution >= 0.6 is 11.8 Å². The average molecular weight is 470 g/mol. The Kier molecular flexibility index (Phi) is 11.6. The first kappa shape index (κ1) is 27.0. The van der Waals surface area contributed by atoms with Crippen molar-refractivity contribution in [1.29, 1.82) is 0 Å². The van der Waals surface area contributed by atoms with E-state index < -0.39 is 0 Å². The van der Waals surface area contributed by atoms with Crippen LogP contribution < -0.4 is 0 Å². The number of hydrogen-bond acceptors (Lipinski definition) is 5. The Morgan fingerprint density at radius 3 is 2.27 bits per heavy atom. The molecule has 5 heteroatoms. The molecule has 33 heavy (non-hydrogen) atoms. The zero-order valence-corrected chi connectivity index (χ0v) is 21.2. The van der Waals surface area contributed by atoms with Crippen LogP contribution in [-0.4, -0.2) is 40.2 Å². The summed E-state index contributed by atoms with van der Waals surface area (Å²) >= 11 is 1.84. The van der Waals surface area contributed by atoms with Crippen molar-refractivity contribution in [2.45, 2.75) is 58.0 Å². The molecule has 5 rings (SSSR count). The minimum atomic E-state index is 0.265. The van der Waals surface area contributed by atoms with Crippen LogP contribution in [-0.2, 0) is 11.3 Å². The quantitative estimate of drug-likeness (QED) is 0.496.